The van der Waals surface area contributed by atoms with E-state index in [1.165, 1.54) is 18.2 Å². The number of methoxy groups -OCH3 is 1. The van der Waals surface area contributed by atoms with Crippen molar-refractivity contribution in [3.63, 3.8) is 0 Å². The predicted octanol–water partition coefficient (Wildman–Crippen LogP) is 1.16. The second kappa shape index (κ2) is 3.95. The Bertz CT molecular complexity index is 354. The molecule has 1 atom stereocenters. The number of hydrogen-bond acceptors (Lipinski definition) is 4. The van der Waals surface area contributed by atoms with Gasteiger partial charge in [-0.15, -0.1) is 0 Å². The van der Waals surface area contributed by atoms with Crippen LogP contribution in [0.25, 0.3) is 0 Å². The Morgan fingerprint density at radius 3 is 2.79 bits per heavy atom. The van der Waals surface area contributed by atoms with Crippen LogP contribution in [0.5, 0.6) is 5.75 Å². The van der Waals surface area contributed by atoms with Crippen LogP contribution in [0.1, 0.15) is 11.7 Å². The Morgan fingerprint density at radius 2 is 2.29 bits per heavy atom. The zero-order chi connectivity index (χ0) is 10.7. The van der Waals surface area contributed by atoms with Crippen molar-refractivity contribution >= 4 is 11.7 Å². The largest absolute Gasteiger partial charge is 0.506 e. The molecule has 76 valence electrons. The summed E-state index contributed by atoms with van der Waals surface area (Å²) in [7, 11) is 1.10. The van der Waals surface area contributed by atoms with E-state index in [0.717, 1.165) is 7.11 Å². The molecular weight excluding hydrogens is 189 g/mol. The van der Waals surface area contributed by atoms with Gasteiger partial charge < -0.3 is 15.6 Å². The monoisotopic (exact) mass is 199 g/mol. The van der Waals surface area contributed by atoms with Crippen LogP contribution in [0.2, 0.25) is 0 Å². The van der Waals surface area contributed by atoms with E-state index in [4.69, 9.17) is 10.8 Å². The molecule has 0 aliphatic carbocycles. The third-order valence-electron chi connectivity index (χ3n) is 1.75. The summed E-state index contributed by atoms with van der Waals surface area (Å²) < 4.78 is 17.4. The summed E-state index contributed by atoms with van der Waals surface area (Å²) in [6.07, 6.45) is -1.87. The molecule has 5 heteroatoms. The summed E-state index contributed by atoms with van der Waals surface area (Å²) in [5.41, 5.74) is 5.42. The van der Waals surface area contributed by atoms with Crippen molar-refractivity contribution in [2.45, 2.75) is 6.17 Å². The van der Waals surface area contributed by atoms with Crippen LogP contribution in [-0.4, -0.2) is 18.2 Å². The maximum atomic E-state index is 13.2. The Labute approximate surface area is 80.1 Å². The summed E-state index contributed by atoms with van der Waals surface area (Å²) in [6, 6.07) is 3.68. The normalized spacial score (nSPS) is 12.1. The van der Waals surface area contributed by atoms with Crippen LogP contribution in [0.3, 0.4) is 0 Å². The first kappa shape index (κ1) is 10.3. The number of aromatic hydroxyl groups is 1. The Kier molecular flexibility index (Phi) is 2.91. The molecule has 0 heterocycles. The molecule has 1 rings (SSSR count). The van der Waals surface area contributed by atoms with E-state index < -0.39 is 12.1 Å². The van der Waals surface area contributed by atoms with Crippen LogP contribution in [-0.2, 0) is 9.53 Å². The second-order valence-corrected chi connectivity index (χ2v) is 2.70. The van der Waals surface area contributed by atoms with Gasteiger partial charge >= 0.3 is 5.97 Å². The predicted molar refractivity (Wildman–Crippen MR) is 48.4 cm³/mol. The summed E-state index contributed by atoms with van der Waals surface area (Å²) in [4.78, 5) is 10.8. The fraction of sp³-hybridized carbons (Fsp3) is 0.222. The molecule has 1 aromatic rings. The number of phenols is 1. The van der Waals surface area contributed by atoms with Gasteiger partial charge in [-0.3, -0.25) is 0 Å². The van der Waals surface area contributed by atoms with Crippen LogP contribution >= 0.6 is 0 Å². The molecule has 1 aromatic carbocycles. The van der Waals surface area contributed by atoms with Crippen LogP contribution in [0.15, 0.2) is 18.2 Å². The number of alkyl halides is 1. The molecule has 3 N–H and O–H groups in total. The minimum atomic E-state index is -1.87. The molecule has 4 nitrogen and oxygen atoms in total. The number of anilines is 1. The minimum Gasteiger partial charge on any atom is -0.506 e. The highest BCUT2D eigenvalue weighted by atomic mass is 19.1. The molecule has 0 radical (unpaired) electrons. The van der Waals surface area contributed by atoms with Crippen molar-refractivity contribution in [1.29, 1.82) is 0 Å². The molecule has 0 saturated carbocycles. The molecule has 0 aromatic heterocycles. The number of halogens is 1. The maximum absolute atomic E-state index is 13.2. The van der Waals surface area contributed by atoms with E-state index in [1.54, 1.807) is 0 Å². The van der Waals surface area contributed by atoms with E-state index in [0.29, 0.717) is 0 Å². The number of nitrogen functional groups attached to an aromatic ring is 1. The molecule has 0 aliphatic heterocycles. The Morgan fingerprint density at radius 1 is 1.64 bits per heavy atom. The highest BCUT2D eigenvalue weighted by Gasteiger charge is 2.20. The molecule has 14 heavy (non-hydrogen) atoms. The van der Waals surface area contributed by atoms with Crippen molar-refractivity contribution in [1.82, 2.24) is 0 Å². The van der Waals surface area contributed by atoms with Crippen molar-refractivity contribution in [3.8, 4) is 5.75 Å². The highest BCUT2D eigenvalue weighted by molar-refractivity contribution is 5.77. The first-order chi connectivity index (χ1) is 6.56. The van der Waals surface area contributed by atoms with E-state index in [2.05, 4.69) is 4.74 Å². The van der Waals surface area contributed by atoms with Gasteiger partial charge in [0.25, 0.3) is 0 Å². The second-order valence-electron chi connectivity index (χ2n) is 2.70. The minimum absolute atomic E-state index is 0.0223. The smallest absolute Gasteiger partial charge is 0.345 e. The van der Waals surface area contributed by atoms with Crippen LogP contribution in [0.4, 0.5) is 10.1 Å². The standard InChI is InChI=1S/C9H10FNO3/c1-14-9(13)8(10)5-2-3-7(12)6(11)4-5/h2-4,8,12H,11H2,1H3. The van der Waals surface area contributed by atoms with Crippen molar-refractivity contribution < 1.29 is 19.0 Å². The quantitative estimate of drug-likeness (QED) is 0.426. The number of ether oxygens (including phenoxy) is 1. The lowest BCUT2D eigenvalue weighted by Crippen LogP contribution is -2.09. The van der Waals surface area contributed by atoms with Gasteiger partial charge in [-0.2, -0.15) is 0 Å². The summed E-state index contributed by atoms with van der Waals surface area (Å²) in [5.74, 6) is -1.14. The van der Waals surface area contributed by atoms with Crippen molar-refractivity contribution in [3.05, 3.63) is 23.8 Å². The number of hydrogen-bond donors (Lipinski definition) is 2. The van der Waals surface area contributed by atoms with Gasteiger partial charge in [-0.25, -0.2) is 9.18 Å². The Balaban J connectivity index is 2.96. The number of phenolic OH excluding ortho intramolecular Hbond substituents is 1. The van der Waals surface area contributed by atoms with Gasteiger partial charge in [-0.1, -0.05) is 6.07 Å². The fourth-order valence-electron chi connectivity index (χ4n) is 0.970. The summed E-state index contributed by atoms with van der Waals surface area (Å²) in [5, 5.41) is 9.06. The molecule has 0 fully saturated rings. The molecule has 0 bridgehead atoms. The molecule has 0 saturated heterocycles. The number of carbonyl (C=O) groups is 1. The average molecular weight is 199 g/mol. The molecule has 1 unspecified atom stereocenters. The van der Waals surface area contributed by atoms with E-state index in [-0.39, 0.29) is 17.0 Å². The number of carbonyl (C=O) groups excluding carboxylic acids is 1. The van der Waals surface area contributed by atoms with Crippen molar-refractivity contribution in [2.24, 2.45) is 0 Å². The van der Waals surface area contributed by atoms with Gasteiger partial charge in [0.2, 0.25) is 6.17 Å². The lowest BCUT2D eigenvalue weighted by Gasteiger charge is -2.07. The first-order valence-corrected chi connectivity index (χ1v) is 3.86. The molecule has 0 spiro atoms. The summed E-state index contributed by atoms with van der Waals surface area (Å²) >= 11 is 0. The number of benzene rings is 1. The lowest BCUT2D eigenvalue weighted by atomic mass is 10.1. The number of esters is 1. The third kappa shape index (κ3) is 1.93. The van der Waals surface area contributed by atoms with Gasteiger partial charge in [0, 0.05) is 0 Å². The maximum Gasteiger partial charge on any atom is 0.345 e. The van der Waals surface area contributed by atoms with E-state index >= 15 is 0 Å². The first-order valence-electron chi connectivity index (χ1n) is 3.86. The van der Waals surface area contributed by atoms with Crippen molar-refractivity contribution in [2.75, 3.05) is 12.8 Å². The lowest BCUT2D eigenvalue weighted by molar-refractivity contribution is -0.146. The third-order valence-corrected chi connectivity index (χ3v) is 1.75. The average Bonchev–Trinajstić information content (AvgIpc) is 2.20. The molecule has 0 amide bonds. The zero-order valence-electron chi connectivity index (χ0n) is 7.53. The van der Waals surface area contributed by atoms with Crippen LogP contribution < -0.4 is 5.73 Å². The van der Waals surface area contributed by atoms with Crippen LogP contribution in [0, 0.1) is 0 Å². The topological polar surface area (TPSA) is 72.5 Å². The van der Waals surface area contributed by atoms with Gasteiger partial charge in [0.05, 0.1) is 12.8 Å². The fourth-order valence-corrected chi connectivity index (χ4v) is 0.970. The Hall–Kier alpha value is -1.78. The van der Waals surface area contributed by atoms with Gasteiger partial charge in [0.1, 0.15) is 5.75 Å². The SMILES string of the molecule is COC(=O)C(F)c1ccc(O)c(N)c1. The van der Waals surface area contributed by atoms with E-state index in [1.807, 2.05) is 0 Å². The number of nitrogens with two attached hydrogens (primary N) is 1. The zero-order valence-corrected chi connectivity index (χ0v) is 7.53. The van der Waals surface area contributed by atoms with E-state index in [9.17, 15) is 9.18 Å². The molecular formula is C9H10FNO3. The highest BCUT2D eigenvalue weighted by Crippen LogP contribution is 2.26. The van der Waals surface area contributed by atoms with Gasteiger partial charge in [0.15, 0.2) is 0 Å². The molecule has 0 aliphatic rings. The summed E-state index contributed by atoms with van der Waals surface area (Å²) in [6.45, 7) is 0. The number of rotatable bonds is 2. The van der Waals surface area contributed by atoms with Gasteiger partial charge in [-0.05, 0) is 17.7 Å².